The van der Waals surface area contributed by atoms with E-state index in [1.54, 1.807) is 12.1 Å². The number of benzene rings is 1. The van der Waals surface area contributed by atoms with E-state index in [1.807, 2.05) is 6.07 Å². The Labute approximate surface area is 126 Å². The van der Waals surface area contributed by atoms with E-state index in [0.717, 1.165) is 6.42 Å². The zero-order chi connectivity index (χ0) is 14.7. The maximum absolute atomic E-state index is 8.87. The molecule has 1 aliphatic rings. The lowest BCUT2D eigenvalue weighted by Gasteiger charge is -2.37. The standard InChI is InChI=1S/C17H22ClNO/c1-11(2)14-6-4-12(3)8-17(14)20-16-7-5-13(10-19)9-15(16)18/h5,7,9,11-12,14,17H,4,6,8H2,1-3H3/t12?,14-,17+/m1/s1. The molecule has 0 saturated heterocycles. The number of nitrogens with zero attached hydrogens (tertiary/aromatic N) is 1. The Bertz CT molecular complexity index is 506. The molecule has 0 aromatic heterocycles. The summed E-state index contributed by atoms with van der Waals surface area (Å²) in [7, 11) is 0. The van der Waals surface area contributed by atoms with Crippen molar-refractivity contribution in [1.82, 2.24) is 0 Å². The Balaban J connectivity index is 2.16. The summed E-state index contributed by atoms with van der Waals surface area (Å²) >= 11 is 6.21. The Morgan fingerprint density at radius 3 is 2.70 bits per heavy atom. The first kappa shape index (κ1) is 15.2. The van der Waals surface area contributed by atoms with Crippen molar-refractivity contribution in [2.24, 2.45) is 17.8 Å². The maximum Gasteiger partial charge on any atom is 0.138 e. The van der Waals surface area contributed by atoms with Gasteiger partial charge in [0.25, 0.3) is 0 Å². The molecular weight excluding hydrogens is 270 g/mol. The molecule has 1 saturated carbocycles. The molecule has 0 amide bonds. The average Bonchev–Trinajstić information content (AvgIpc) is 2.40. The second-order valence-corrected chi connectivity index (χ2v) is 6.65. The number of ether oxygens (including phenoxy) is 1. The summed E-state index contributed by atoms with van der Waals surface area (Å²) in [6.07, 6.45) is 3.81. The second kappa shape index (κ2) is 6.50. The minimum Gasteiger partial charge on any atom is -0.489 e. The lowest BCUT2D eigenvalue weighted by atomic mass is 9.75. The molecule has 0 spiro atoms. The molecule has 2 nitrogen and oxygen atoms in total. The van der Waals surface area contributed by atoms with Gasteiger partial charge in [0, 0.05) is 0 Å². The van der Waals surface area contributed by atoms with Crippen LogP contribution in [0.3, 0.4) is 0 Å². The molecule has 1 aromatic rings. The molecule has 1 aromatic carbocycles. The molecule has 0 aliphatic heterocycles. The molecule has 3 heteroatoms. The number of hydrogen-bond acceptors (Lipinski definition) is 2. The minimum absolute atomic E-state index is 0.226. The molecule has 0 bridgehead atoms. The van der Waals surface area contributed by atoms with Crippen molar-refractivity contribution < 1.29 is 4.74 Å². The Hall–Kier alpha value is -1.20. The van der Waals surface area contributed by atoms with E-state index in [2.05, 4.69) is 26.8 Å². The second-order valence-electron chi connectivity index (χ2n) is 6.24. The molecule has 2 rings (SSSR count). The number of rotatable bonds is 3. The monoisotopic (exact) mass is 291 g/mol. The quantitative estimate of drug-likeness (QED) is 0.780. The van der Waals surface area contributed by atoms with Gasteiger partial charge >= 0.3 is 0 Å². The Kier molecular flexibility index (Phi) is 4.94. The first-order valence-electron chi connectivity index (χ1n) is 7.37. The molecule has 0 N–H and O–H groups in total. The summed E-state index contributed by atoms with van der Waals surface area (Å²) in [5.41, 5.74) is 0.569. The molecule has 20 heavy (non-hydrogen) atoms. The van der Waals surface area contributed by atoms with Crippen LogP contribution >= 0.6 is 11.6 Å². The smallest absolute Gasteiger partial charge is 0.138 e. The third kappa shape index (κ3) is 3.46. The van der Waals surface area contributed by atoms with E-state index in [9.17, 15) is 0 Å². The fourth-order valence-corrected chi connectivity index (χ4v) is 3.30. The van der Waals surface area contributed by atoms with Crippen LogP contribution in [0.25, 0.3) is 0 Å². The molecule has 1 unspecified atom stereocenters. The van der Waals surface area contributed by atoms with E-state index in [0.29, 0.717) is 34.1 Å². The van der Waals surface area contributed by atoms with Crippen molar-refractivity contribution in [2.75, 3.05) is 0 Å². The summed E-state index contributed by atoms with van der Waals surface area (Å²) in [5, 5.41) is 9.41. The molecule has 108 valence electrons. The number of halogens is 1. The van der Waals surface area contributed by atoms with Crippen molar-refractivity contribution in [3.05, 3.63) is 28.8 Å². The van der Waals surface area contributed by atoms with Crippen molar-refractivity contribution >= 4 is 11.6 Å². The summed E-state index contributed by atoms with van der Waals surface area (Å²) < 4.78 is 6.19. The SMILES string of the molecule is CC1CC[C@H](C(C)C)[C@@H](Oc2ccc(C#N)cc2Cl)C1. The van der Waals surface area contributed by atoms with Gasteiger partial charge in [0.05, 0.1) is 16.7 Å². The van der Waals surface area contributed by atoms with Crippen LogP contribution in [0.4, 0.5) is 0 Å². The van der Waals surface area contributed by atoms with Crippen LogP contribution in [-0.2, 0) is 0 Å². The van der Waals surface area contributed by atoms with Gasteiger partial charge in [0.2, 0.25) is 0 Å². The third-order valence-corrected chi connectivity index (χ3v) is 4.60. The number of nitriles is 1. The molecular formula is C17H22ClNO. The highest BCUT2D eigenvalue weighted by molar-refractivity contribution is 6.32. The van der Waals surface area contributed by atoms with Gasteiger partial charge in [0.15, 0.2) is 0 Å². The van der Waals surface area contributed by atoms with Crippen molar-refractivity contribution in [3.63, 3.8) is 0 Å². The highest BCUT2D eigenvalue weighted by Crippen LogP contribution is 2.37. The Morgan fingerprint density at radius 1 is 1.35 bits per heavy atom. The van der Waals surface area contributed by atoms with Crippen molar-refractivity contribution in [3.8, 4) is 11.8 Å². The van der Waals surface area contributed by atoms with Crippen LogP contribution in [-0.4, -0.2) is 6.10 Å². The van der Waals surface area contributed by atoms with Crippen LogP contribution < -0.4 is 4.74 Å². The van der Waals surface area contributed by atoms with Crippen LogP contribution in [0.15, 0.2) is 18.2 Å². The van der Waals surface area contributed by atoms with Crippen LogP contribution in [0, 0.1) is 29.1 Å². The van der Waals surface area contributed by atoms with Crippen molar-refractivity contribution in [2.45, 2.75) is 46.1 Å². The minimum atomic E-state index is 0.226. The maximum atomic E-state index is 8.87. The van der Waals surface area contributed by atoms with E-state index in [-0.39, 0.29) is 6.10 Å². The predicted octanol–water partition coefficient (Wildman–Crippen LogP) is 5.05. The summed E-state index contributed by atoms with van der Waals surface area (Å²) in [6, 6.07) is 7.35. The largest absolute Gasteiger partial charge is 0.489 e. The lowest BCUT2D eigenvalue weighted by Crippen LogP contribution is -2.36. The normalized spacial score (nSPS) is 26.3. The third-order valence-electron chi connectivity index (χ3n) is 4.30. The van der Waals surface area contributed by atoms with Gasteiger partial charge in [-0.25, -0.2) is 0 Å². The first-order chi connectivity index (χ1) is 9.51. The van der Waals surface area contributed by atoms with Gasteiger partial charge in [-0.2, -0.15) is 5.26 Å². The van der Waals surface area contributed by atoms with Gasteiger partial charge in [-0.05, 0) is 48.8 Å². The van der Waals surface area contributed by atoms with E-state index in [4.69, 9.17) is 21.6 Å². The average molecular weight is 292 g/mol. The zero-order valence-electron chi connectivity index (χ0n) is 12.4. The van der Waals surface area contributed by atoms with E-state index < -0.39 is 0 Å². The van der Waals surface area contributed by atoms with Gasteiger partial charge in [0.1, 0.15) is 11.9 Å². The molecule has 1 fully saturated rings. The Morgan fingerprint density at radius 2 is 2.10 bits per heavy atom. The highest BCUT2D eigenvalue weighted by Gasteiger charge is 2.32. The molecule has 3 atom stereocenters. The predicted molar refractivity (Wildman–Crippen MR) is 81.9 cm³/mol. The molecule has 0 radical (unpaired) electrons. The topological polar surface area (TPSA) is 33.0 Å². The van der Waals surface area contributed by atoms with Gasteiger partial charge in [-0.3, -0.25) is 0 Å². The van der Waals surface area contributed by atoms with Gasteiger partial charge < -0.3 is 4.74 Å². The molecule has 0 heterocycles. The fraction of sp³-hybridized carbons (Fsp3) is 0.588. The summed E-state index contributed by atoms with van der Waals surface area (Å²) in [5.74, 6) is 2.60. The van der Waals surface area contributed by atoms with Crippen LogP contribution in [0.1, 0.15) is 45.6 Å². The number of hydrogen-bond donors (Lipinski definition) is 0. The summed E-state index contributed by atoms with van der Waals surface area (Å²) in [6.45, 7) is 6.81. The summed E-state index contributed by atoms with van der Waals surface area (Å²) in [4.78, 5) is 0. The van der Waals surface area contributed by atoms with Crippen molar-refractivity contribution in [1.29, 1.82) is 5.26 Å². The van der Waals surface area contributed by atoms with Gasteiger partial charge in [-0.15, -0.1) is 0 Å². The first-order valence-corrected chi connectivity index (χ1v) is 7.75. The van der Waals surface area contributed by atoms with Gasteiger partial charge in [-0.1, -0.05) is 38.8 Å². The van der Waals surface area contributed by atoms with Crippen LogP contribution in [0.5, 0.6) is 5.75 Å². The van der Waals surface area contributed by atoms with E-state index >= 15 is 0 Å². The van der Waals surface area contributed by atoms with Crippen LogP contribution in [0.2, 0.25) is 5.02 Å². The lowest BCUT2D eigenvalue weighted by molar-refractivity contribution is 0.0461. The van der Waals surface area contributed by atoms with E-state index in [1.165, 1.54) is 12.8 Å². The molecule has 1 aliphatic carbocycles. The zero-order valence-corrected chi connectivity index (χ0v) is 13.2. The fourth-order valence-electron chi connectivity index (χ4n) is 3.08. The highest BCUT2D eigenvalue weighted by atomic mass is 35.5.